The van der Waals surface area contributed by atoms with E-state index >= 15 is 0 Å². The van der Waals surface area contributed by atoms with Gasteiger partial charge in [0.1, 0.15) is 11.8 Å². The van der Waals surface area contributed by atoms with E-state index in [0.717, 1.165) is 22.1 Å². The maximum atomic E-state index is 11.5. The zero-order valence-electron chi connectivity index (χ0n) is 11.8. The number of ether oxygens (including phenoxy) is 2. The lowest BCUT2D eigenvalue weighted by Crippen LogP contribution is -2.34. The number of hydrogen-bond donors (Lipinski definition) is 1. The lowest BCUT2D eigenvalue weighted by Gasteiger charge is -2.11. The minimum Gasteiger partial charge on any atom is -0.497 e. The molecule has 2 aromatic carbocycles. The minimum atomic E-state index is -0.620. The maximum absolute atomic E-state index is 11.5. The first kappa shape index (κ1) is 14.3. The van der Waals surface area contributed by atoms with Crippen molar-refractivity contribution in [2.75, 3.05) is 13.7 Å². The van der Waals surface area contributed by atoms with Gasteiger partial charge in [0.05, 0.1) is 13.7 Å². The lowest BCUT2D eigenvalue weighted by atomic mass is 10.0. The molecule has 1 atom stereocenters. The average molecular weight is 273 g/mol. The largest absolute Gasteiger partial charge is 0.497 e. The van der Waals surface area contributed by atoms with E-state index < -0.39 is 6.04 Å². The second-order valence-electron chi connectivity index (χ2n) is 4.61. The Kier molecular flexibility index (Phi) is 4.58. The third kappa shape index (κ3) is 3.27. The number of benzene rings is 2. The van der Waals surface area contributed by atoms with Crippen molar-refractivity contribution in [3.63, 3.8) is 0 Å². The summed E-state index contributed by atoms with van der Waals surface area (Å²) in [6.07, 6.45) is 0.473. The predicted molar refractivity (Wildman–Crippen MR) is 78.8 cm³/mol. The van der Waals surface area contributed by atoms with E-state index in [1.54, 1.807) is 14.0 Å². The highest BCUT2D eigenvalue weighted by atomic mass is 16.5. The van der Waals surface area contributed by atoms with Crippen molar-refractivity contribution in [2.24, 2.45) is 5.73 Å². The first-order valence-electron chi connectivity index (χ1n) is 6.63. The Morgan fingerprint density at radius 2 is 1.90 bits per heavy atom. The number of rotatable bonds is 5. The van der Waals surface area contributed by atoms with Gasteiger partial charge in [0.2, 0.25) is 0 Å². The van der Waals surface area contributed by atoms with Crippen LogP contribution in [-0.2, 0) is 16.0 Å². The third-order valence-corrected chi connectivity index (χ3v) is 3.16. The number of nitrogens with two attached hydrogens (primary N) is 1. The summed E-state index contributed by atoms with van der Waals surface area (Å²) in [4.78, 5) is 11.5. The van der Waals surface area contributed by atoms with E-state index in [0.29, 0.717) is 13.0 Å². The first-order chi connectivity index (χ1) is 9.63. The number of hydrogen-bond acceptors (Lipinski definition) is 4. The van der Waals surface area contributed by atoms with Gasteiger partial charge in [-0.2, -0.15) is 0 Å². The molecule has 0 aliphatic carbocycles. The molecule has 4 heteroatoms. The Hall–Kier alpha value is -2.07. The molecule has 106 valence electrons. The van der Waals surface area contributed by atoms with Crippen LogP contribution in [-0.4, -0.2) is 25.7 Å². The number of fused-ring (bicyclic) bond motifs is 1. The Morgan fingerprint density at radius 3 is 2.60 bits per heavy atom. The molecule has 4 nitrogen and oxygen atoms in total. The molecule has 0 bridgehead atoms. The molecule has 2 rings (SSSR count). The SMILES string of the molecule is CCOC(=O)C(N)Cc1ccc2cc(OC)ccc2c1. The minimum absolute atomic E-state index is 0.351. The summed E-state index contributed by atoms with van der Waals surface area (Å²) >= 11 is 0. The normalized spacial score (nSPS) is 12.2. The first-order valence-corrected chi connectivity index (χ1v) is 6.63. The second kappa shape index (κ2) is 6.39. The molecule has 0 heterocycles. The van der Waals surface area contributed by atoms with E-state index in [1.165, 1.54) is 0 Å². The van der Waals surface area contributed by atoms with Gasteiger partial charge < -0.3 is 15.2 Å². The summed E-state index contributed by atoms with van der Waals surface area (Å²) in [5.41, 5.74) is 6.85. The second-order valence-corrected chi connectivity index (χ2v) is 4.61. The van der Waals surface area contributed by atoms with Crippen molar-refractivity contribution >= 4 is 16.7 Å². The molecular weight excluding hydrogens is 254 g/mol. The van der Waals surface area contributed by atoms with Crippen LogP contribution >= 0.6 is 0 Å². The fraction of sp³-hybridized carbons (Fsp3) is 0.312. The van der Waals surface area contributed by atoms with Crippen LogP contribution < -0.4 is 10.5 Å². The molecule has 0 saturated carbocycles. The quantitative estimate of drug-likeness (QED) is 0.849. The lowest BCUT2D eigenvalue weighted by molar-refractivity contribution is -0.144. The van der Waals surface area contributed by atoms with E-state index in [9.17, 15) is 4.79 Å². The molecule has 2 aromatic rings. The van der Waals surface area contributed by atoms with Gasteiger partial charge in [-0.25, -0.2) is 0 Å². The fourth-order valence-electron chi connectivity index (χ4n) is 2.11. The third-order valence-electron chi connectivity index (χ3n) is 3.16. The van der Waals surface area contributed by atoms with Gasteiger partial charge in [0.25, 0.3) is 0 Å². The maximum Gasteiger partial charge on any atom is 0.323 e. The Labute approximate surface area is 118 Å². The predicted octanol–water partition coefficient (Wildman–Crippen LogP) is 2.28. The van der Waals surface area contributed by atoms with Gasteiger partial charge >= 0.3 is 5.97 Å². The summed E-state index contributed by atoms with van der Waals surface area (Å²) in [6, 6.07) is 11.3. The molecule has 0 aliphatic heterocycles. The highest BCUT2D eigenvalue weighted by Gasteiger charge is 2.15. The number of methoxy groups -OCH3 is 1. The van der Waals surface area contributed by atoms with Gasteiger partial charge in [-0.3, -0.25) is 4.79 Å². The number of carbonyl (C=O) groups is 1. The van der Waals surface area contributed by atoms with Gasteiger partial charge in [-0.05, 0) is 41.8 Å². The average Bonchev–Trinajstić information content (AvgIpc) is 2.46. The van der Waals surface area contributed by atoms with Crippen LogP contribution in [0.2, 0.25) is 0 Å². The molecule has 0 spiro atoms. The summed E-state index contributed by atoms with van der Waals surface area (Å²) in [6.45, 7) is 2.12. The summed E-state index contributed by atoms with van der Waals surface area (Å²) in [5, 5.41) is 2.19. The number of esters is 1. The highest BCUT2D eigenvalue weighted by molar-refractivity contribution is 5.85. The molecule has 1 unspecified atom stereocenters. The van der Waals surface area contributed by atoms with Crippen molar-refractivity contribution in [1.29, 1.82) is 0 Å². The summed E-state index contributed by atoms with van der Waals surface area (Å²) in [5.74, 6) is 0.468. The van der Waals surface area contributed by atoms with Gasteiger partial charge in [-0.1, -0.05) is 24.3 Å². The van der Waals surface area contributed by atoms with Gasteiger partial charge in [0.15, 0.2) is 0 Å². The Morgan fingerprint density at radius 1 is 1.20 bits per heavy atom. The van der Waals surface area contributed by atoms with Crippen LogP contribution in [0.25, 0.3) is 10.8 Å². The smallest absolute Gasteiger partial charge is 0.323 e. The molecular formula is C16H19NO3. The monoisotopic (exact) mass is 273 g/mol. The molecule has 0 amide bonds. The van der Waals surface area contributed by atoms with Crippen LogP contribution in [0, 0.1) is 0 Å². The highest BCUT2D eigenvalue weighted by Crippen LogP contribution is 2.22. The van der Waals surface area contributed by atoms with Crippen LogP contribution in [0.3, 0.4) is 0 Å². The summed E-state index contributed by atoms with van der Waals surface area (Å²) in [7, 11) is 1.65. The Bertz CT molecular complexity index is 610. The van der Waals surface area contributed by atoms with Crippen LogP contribution in [0.1, 0.15) is 12.5 Å². The van der Waals surface area contributed by atoms with Crippen LogP contribution in [0.4, 0.5) is 0 Å². The van der Waals surface area contributed by atoms with Crippen molar-refractivity contribution in [3.8, 4) is 5.75 Å². The van der Waals surface area contributed by atoms with Crippen molar-refractivity contribution in [2.45, 2.75) is 19.4 Å². The summed E-state index contributed by atoms with van der Waals surface area (Å²) < 4.78 is 10.1. The standard InChI is InChI=1S/C16H19NO3/c1-3-20-16(18)15(17)9-11-4-5-13-10-14(19-2)7-6-12(13)8-11/h4-8,10,15H,3,9,17H2,1-2H3. The van der Waals surface area contributed by atoms with Crippen LogP contribution in [0.15, 0.2) is 36.4 Å². The topological polar surface area (TPSA) is 61.5 Å². The molecule has 0 aliphatic rings. The molecule has 0 fully saturated rings. The van der Waals surface area contributed by atoms with Crippen molar-refractivity contribution < 1.29 is 14.3 Å². The fourth-order valence-corrected chi connectivity index (χ4v) is 2.11. The number of carbonyl (C=O) groups excluding carboxylic acids is 1. The van der Waals surface area contributed by atoms with Crippen molar-refractivity contribution in [3.05, 3.63) is 42.0 Å². The van der Waals surface area contributed by atoms with Gasteiger partial charge in [0, 0.05) is 0 Å². The zero-order chi connectivity index (χ0) is 14.5. The molecule has 2 N–H and O–H groups in total. The van der Waals surface area contributed by atoms with E-state index in [1.807, 2.05) is 36.4 Å². The van der Waals surface area contributed by atoms with Gasteiger partial charge in [-0.15, -0.1) is 0 Å². The molecule has 0 aromatic heterocycles. The van der Waals surface area contributed by atoms with E-state index in [2.05, 4.69) is 0 Å². The zero-order valence-corrected chi connectivity index (χ0v) is 11.8. The Balaban J connectivity index is 2.17. The van der Waals surface area contributed by atoms with Crippen molar-refractivity contribution in [1.82, 2.24) is 0 Å². The van der Waals surface area contributed by atoms with Crippen LogP contribution in [0.5, 0.6) is 5.75 Å². The molecule has 0 saturated heterocycles. The molecule has 0 radical (unpaired) electrons. The molecule has 20 heavy (non-hydrogen) atoms. The van der Waals surface area contributed by atoms with E-state index in [4.69, 9.17) is 15.2 Å². The van der Waals surface area contributed by atoms with E-state index in [-0.39, 0.29) is 5.97 Å².